The van der Waals surface area contributed by atoms with Gasteiger partial charge in [-0.3, -0.25) is 4.84 Å². The Balaban J connectivity index is 1.75. The van der Waals surface area contributed by atoms with E-state index in [1.807, 2.05) is 60.7 Å². The van der Waals surface area contributed by atoms with Crippen molar-refractivity contribution in [3.8, 4) is 0 Å². The first-order chi connectivity index (χ1) is 10.3. The van der Waals surface area contributed by atoms with Gasteiger partial charge in [0, 0.05) is 5.56 Å². The van der Waals surface area contributed by atoms with Gasteiger partial charge in [-0.2, -0.15) is 4.79 Å². The van der Waals surface area contributed by atoms with Crippen molar-refractivity contribution in [3.63, 3.8) is 0 Å². The minimum atomic E-state index is -0.973. The Bertz CT molecular complexity index is 624. The van der Waals surface area contributed by atoms with E-state index in [0.29, 0.717) is 5.70 Å². The fourth-order valence-electron chi connectivity index (χ4n) is 1.49. The lowest BCUT2D eigenvalue weighted by atomic mass is 10.2. The van der Waals surface area contributed by atoms with E-state index in [-0.39, 0.29) is 0 Å². The quantitative estimate of drug-likeness (QED) is 0.519. The molecule has 0 radical (unpaired) electrons. The number of rotatable bonds is 5. The summed E-state index contributed by atoms with van der Waals surface area (Å²) in [7, 11) is 0. The van der Waals surface area contributed by atoms with Gasteiger partial charge in [-0.25, -0.2) is 5.48 Å². The van der Waals surface area contributed by atoms with Crippen LogP contribution >= 0.6 is 0 Å². The highest BCUT2D eigenvalue weighted by atomic mass is 16.8. The van der Waals surface area contributed by atoms with Crippen molar-refractivity contribution in [3.05, 3.63) is 78.4 Å². The van der Waals surface area contributed by atoms with Gasteiger partial charge in [0.1, 0.15) is 0 Å². The summed E-state index contributed by atoms with van der Waals surface area (Å²) in [6, 6.07) is 18.5. The molecule has 5 nitrogen and oxygen atoms in total. The highest BCUT2D eigenvalue weighted by molar-refractivity contribution is 5.79. The van der Waals surface area contributed by atoms with Crippen LogP contribution in [0, 0.1) is 0 Å². The molecule has 0 aliphatic rings. The predicted octanol–water partition coefficient (Wildman–Crippen LogP) is 3.35. The van der Waals surface area contributed by atoms with Crippen LogP contribution in [0.1, 0.15) is 11.1 Å². The van der Waals surface area contributed by atoms with Gasteiger partial charge in [0.05, 0.1) is 11.9 Å². The van der Waals surface area contributed by atoms with Crippen LogP contribution in [0.5, 0.6) is 0 Å². The van der Waals surface area contributed by atoms with Gasteiger partial charge in [-0.05, 0) is 5.56 Å². The zero-order valence-corrected chi connectivity index (χ0v) is 11.2. The third-order valence-electron chi connectivity index (χ3n) is 2.51. The van der Waals surface area contributed by atoms with Gasteiger partial charge < -0.3 is 4.84 Å². The molecule has 0 atom stereocenters. The maximum absolute atomic E-state index is 11.3. The second kappa shape index (κ2) is 7.49. The molecule has 2 rings (SSSR count). The molecule has 0 unspecified atom stereocenters. The van der Waals surface area contributed by atoms with Crippen molar-refractivity contribution < 1.29 is 14.5 Å². The van der Waals surface area contributed by atoms with Crippen LogP contribution in [0.4, 0.5) is 4.79 Å². The van der Waals surface area contributed by atoms with Crippen molar-refractivity contribution in [2.24, 2.45) is 5.16 Å². The van der Waals surface area contributed by atoms with Crippen molar-refractivity contribution >= 4 is 18.1 Å². The molecular weight excluding hydrogens is 268 g/mol. The third-order valence-corrected chi connectivity index (χ3v) is 2.51. The lowest BCUT2D eigenvalue weighted by Crippen LogP contribution is -2.17. The molecule has 0 saturated heterocycles. The first-order valence-electron chi connectivity index (χ1n) is 6.22. The minimum Gasteiger partial charge on any atom is -0.307 e. The van der Waals surface area contributed by atoms with Gasteiger partial charge in [0.15, 0.2) is 0 Å². The molecule has 106 valence electrons. The van der Waals surface area contributed by atoms with Crippen molar-refractivity contribution in [2.45, 2.75) is 0 Å². The van der Waals surface area contributed by atoms with Crippen LogP contribution in [0.25, 0.3) is 5.70 Å². The molecule has 0 heterocycles. The number of benzene rings is 2. The van der Waals surface area contributed by atoms with E-state index in [1.54, 1.807) is 0 Å². The smallest absolute Gasteiger partial charge is 0.307 e. The molecule has 0 aliphatic heterocycles. The van der Waals surface area contributed by atoms with Gasteiger partial charge in [-0.1, -0.05) is 72.4 Å². The average Bonchev–Trinajstić information content (AvgIpc) is 2.54. The van der Waals surface area contributed by atoms with Crippen LogP contribution in [0.2, 0.25) is 0 Å². The molecule has 21 heavy (non-hydrogen) atoms. The molecule has 0 spiro atoms. The number of oxime groups is 1. The van der Waals surface area contributed by atoms with Gasteiger partial charge >= 0.3 is 6.16 Å². The van der Waals surface area contributed by atoms with Crippen LogP contribution in [-0.4, -0.2) is 12.4 Å². The number of hydrogen-bond acceptors (Lipinski definition) is 5. The number of hydrogen-bond donors (Lipinski definition) is 1. The molecule has 1 N–H and O–H groups in total. The number of nitrogens with zero attached hydrogens (tertiary/aromatic N) is 1. The lowest BCUT2D eigenvalue weighted by Gasteiger charge is -2.07. The predicted molar refractivity (Wildman–Crippen MR) is 80.2 cm³/mol. The van der Waals surface area contributed by atoms with Gasteiger partial charge in [-0.15, -0.1) is 0 Å². The second-order valence-electron chi connectivity index (χ2n) is 4.04. The summed E-state index contributed by atoms with van der Waals surface area (Å²) < 4.78 is 0. The molecule has 2 aromatic carbocycles. The van der Waals surface area contributed by atoms with Crippen LogP contribution in [0.15, 0.2) is 72.4 Å². The van der Waals surface area contributed by atoms with E-state index < -0.39 is 6.16 Å². The highest BCUT2D eigenvalue weighted by Gasteiger charge is 2.05. The molecule has 0 saturated carbocycles. The summed E-state index contributed by atoms with van der Waals surface area (Å²) in [6.07, 6.45) is 0.437. The molecular formula is C16H14N2O3. The van der Waals surface area contributed by atoms with Crippen LogP contribution in [0.3, 0.4) is 0 Å². The Morgan fingerprint density at radius 1 is 1.05 bits per heavy atom. The Morgan fingerprint density at radius 3 is 2.33 bits per heavy atom. The lowest BCUT2D eigenvalue weighted by molar-refractivity contribution is 0.0354. The molecule has 0 aromatic heterocycles. The number of hydroxylamine groups is 1. The standard InChI is InChI=1S/C16H14N2O3/c1-13(15-10-6-3-7-11-15)18-21-16(19)20-17-12-14-8-4-2-5-9-14/h2-12,18H,1H2. The Hall–Kier alpha value is -3.08. The summed E-state index contributed by atoms with van der Waals surface area (Å²) in [5, 5.41) is 3.52. The monoisotopic (exact) mass is 282 g/mol. The van der Waals surface area contributed by atoms with Gasteiger partial charge in [0.2, 0.25) is 0 Å². The topological polar surface area (TPSA) is 59.9 Å². The fraction of sp³-hybridized carbons (Fsp3) is 0. The van der Waals surface area contributed by atoms with E-state index in [4.69, 9.17) is 0 Å². The SMILES string of the molecule is C=C(NOC(=O)ON=Cc1ccccc1)c1ccccc1. The fourth-order valence-corrected chi connectivity index (χ4v) is 1.49. The highest BCUT2D eigenvalue weighted by Crippen LogP contribution is 2.07. The zero-order valence-electron chi connectivity index (χ0n) is 11.2. The van der Waals surface area contributed by atoms with Crippen molar-refractivity contribution in [2.75, 3.05) is 0 Å². The van der Waals surface area contributed by atoms with Crippen molar-refractivity contribution in [1.29, 1.82) is 0 Å². The molecule has 0 bridgehead atoms. The van der Waals surface area contributed by atoms with Crippen LogP contribution in [-0.2, 0) is 9.68 Å². The number of nitrogens with one attached hydrogen (secondary N) is 1. The Morgan fingerprint density at radius 2 is 1.67 bits per heavy atom. The summed E-state index contributed by atoms with van der Waals surface area (Å²) in [4.78, 5) is 20.5. The molecule has 0 amide bonds. The first-order valence-corrected chi connectivity index (χ1v) is 6.22. The number of carbonyl (C=O) groups excluding carboxylic acids is 1. The Kier molecular flexibility index (Phi) is 5.11. The average molecular weight is 282 g/mol. The maximum atomic E-state index is 11.3. The van der Waals surface area contributed by atoms with Crippen LogP contribution < -0.4 is 5.48 Å². The van der Waals surface area contributed by atoms with Gasteiger partial charge in [0.25, 0.3) is 0 Å². The molecule has 0 aliphatic carbocycles. The summed E-state index contributed by atoms with van der Waals surface area (Å²) >= 11 is 0. The molecule has 0 fully saturated rings. The van der Waals surface area contributed by atoms with E-state index in [0.717, 1.165) is 11.1 Å². The van der Waals surface area contributed by atoms with Crippen molar-refractivity contribution in [1.82, 2.24) is 5.48 Å². The van der Waals surface area contributed by atoms with E-state index in [1.165, 1.54) is 6.21 Å². The van der Waals surface area contributed by atoms with E-state index in [2.05, 4.69) is 26.9 Å². The van der Waals surface area contributed by atoms with E-state index >= 15 is 0 Å². The first kappa shape index (κ1) is 14.3. The number of carbonyl (C=O) groups is 1. The summed E-state index contributed by atoms with van der Waals surface area (Å²) in [6.45, 7) is 3.74. The van der Waals surface area contributed by atoms with E-state index in [9.17, 15) is 4.79 Å². The minimum absolute atomic E-state index is 0.444. The third kappa shape index (κ3) is 4.83. The summed E-state index contributed by atoms with van der Waals surface area (Å²) in [5.74, 6) is 0. The molecule has 2 aromatic rings. The molecule has 5 heteroatoms. The zero-order chi connectivity index (χ0) is 14.9. The Labute approximate surface area is 122 Å². The normalized spacial score (nSPS) is 10.1. The second-order valence-corrected chi connectivity index (χ2v) is 4.04. The summed E-state index contributed by atoms with van der Waals surface area (Å²) in [5.41, 5.74) is 4.46. The maximum Gasteiger partial charge on any atom is 0.560 e. The largest absolute Gasteiger partial charge is 0.560 e.